The number of aryl methyl sites for hydroxylation is 1. The van der Waals surface area contributed by atoms with E-state index in [0.29, 0.717) is 4.34 Å². The molecule has 0 aliphatic heterocycles. The van der Waals surface area contributed by atoms with Crippen LogP contribution in [0.2, 0.25) is 9.36 Å². The van der Waals surface area contributed by atoms with Crippen molar-refractivity contribution in [3.8, 4) is 10.6 Å². The van der Waals surface area contributed by atoms with Gasteiger partial charge in [-0.05, 0) is 25.1 Å². The van der Waals surface area contributed by atoms with Gasteiger partial charge in [-0.25, -0.2) is 9.37 Å². The maximum absolute atomic E-state index is 12.9. The molecule has 0 aliphatic carbocycles. The van der Waals surface area contributed by atoms with E-state index in [9.17, 15) is 4.39 Å². The van der Waals surface area contributed by atoms with Crippen molar-refractivity contribution in [2.45, 2.75) is 6.92 Å². The molecule has 0 aliphatic rings. The fraction of sp³-hybridized carbons (Fsp3) is 0.100. The second-order valence-electron chi connectivity index (χ2n) is 3.01. The molecule has 1 aromatic carbocycles. The van der Waals surface area contributed by atoms with Crippen LogP contribution in [0.4, 0.5) is 4.39 Å². The molecule has 0 unspecified atom stereocenters. The van der Waals surface area contributed by atoms with Gasteiger partial charge in [0.15, 0.2) is 0 Å². The molecule has 1 nitrogen and oxygen atoms in total. The predicted molar refractivity (Wildman–Crippen MR) is 62.3 cm³/mol. The number of nitrogens with zero attached hydrogens (tertiary/aromatic N) is 1. The molecule has 0 atom stereocenters. The second-order valence-corrected chi connectivity index (χ2v) is 5.02. The SMILES string of the molecule is Cc1nc(-c2ccc(F)c(Cl)c2)sc1Cl. The minimum atomic E-state index is -0.431. The largest absolute Gasteiger partial charge is 0.240 e. The Kier molecular flexibility index (Phi) is 2.96. The molecular formula is C10H6Cl2FNS. The van der Waals surface area contributed by atoms with E-state index in [1.807, 2.05) is 6.92 Å². The third kappa shape index (κ3) is 2.14. The summed E-state index contributed by atoms with van der Waals surface area (Å²) < 4.78 is 13.6. The van der Waals surface area contributed by atoms with Gasteiger partial charge < -0.3 is 0 Å². The molecule has 0 bridgehead atoms. The van der Waals surface area contributed by atoms with Crippen LogP contribution in [0.25, 0.3) is 10.6 Å². The summed E-state index contributed by atoms with van der Waals surface area (Å²) in [7, 11) is 0. The zero-order chi connectivity index (χ0) is 11.0. The molecule has 78 valence electrons. The third-order valence-electron chi connectivity index (χ3n) is 1.91. The predicted octanol–water partition coefficient (Wildman–Crippen LogP) is 4.56. The van der Waals surface area contributed by atoms with E-state index >= 15 is 0 Å². The molecule has 5 heteroatoms. The van der Waals surface area contributed by atoms with Crippen molar-refractivity contribution in [2.24, 2.45) is 0 Å². The summed E-state index contributed by atoms with van der Waals surface area (Å²) in [4.78, 5) is 4.26. The van der Waals surface area contributed by atoms with Gasteiger partial charge in [0.1, 0.15) is 15.2 Å². The van der Waals surface area contributed by atoms with E-state index in [-0.39, 0.29) is 5.02 Å². The number of hydrogen-bond donors (Lipinski definition) is 0. The Morgan fingerprint density at radius 3 is 2.60 bits per heavy atom. The Morgan fingerprint density at radius 2 is 2.07 bits per heavy atom. The zero-order valence-electron chi connectivity index (χ0n) is 7.72. The van der Waals surface area contributed by atoms with Crippen LogP contribution < -0.4 is 0 Å². The lowest BCUT2D eigenvalue weighted by atomic mass is 10.2. The number of thiazole rings is 1. The molecule has 2 aromatic rings. The van der Waals surface area contributed by atoms with Crippen molar-refractivity contribution in [3.63, 3.8) is 0 Å². The highest BCUT2D eigenvalue weighted by atomic mass is 35.5. The number of benzene rings is 1. The lowest BCUT2D eigenvalue weighted by molar-refractivity contribution is 0.628. The molecule has 0 fully saturated rings. The quantitative estimate of drug-likeness (QED) is 0.733. The van der Waals surface area contributed by atoms with Crippen molar-refractivity contribution in [1.29, 1.82) is 0 Å². The van der Waals surface area contributed by atoms with Gasteiger partial charge in [-0.3, -0.25) is 0 Å². The first-order valence-corrected chi connectivity index (χ1v) is 5.73. The van der Waals surface area contributed by atoms with Gasteiger partial charge in [0.05, 0.1) is 10.7 Å². The molecule has 0 saturated heterocycles. The molecule has 0 amide bonds. The number of halogens is 3. The normalized spacial score (nSPS) is 10.7. The average Bonchev–Trinajstić information content (AvgIpc) is 2.52. The molecule has 0 spiro atoms. The molecule has 0 N–H and O–H groups in total. The molecule has 0 saturated carbocycles. The maximum Gasteiger partial charge on any atom is 0.141 e. The maximum atomic E-state index is 12.9. The number of hydrogen-bond acceptors (Lipinski definition) is 2. The van der Waals surface area contributed by atoms with Crippen molar-refractivity contribution in [1.82, 2.24) is 4.98 Å². The van der Waals surface area contributed by atoms with Crippen molar-refractivity contribution >= 4 is 34.5 Å². The lowest BCUT2D eigenvalue weighted by Gasteiger charge is -1.97. The molecule has 0 radical (unpaired) electrons. The van der Waals surface area contributed by atoms with Crippen LogP contribution >= 0.6 is 34.5 Å². The Balaban J connectivity index is 2.49. The number of rotatable bonds is 1. The smallest absolute Gasteiger partial charge is 0.141 e. The molecule has 15 heavy (non-hydrogen) atoms. The van der Waals surface area contributed by atoms with Crippen LogP contribution in [0.15, 0.2) is 18.2 Å². The van der Waals surface area contributed by atoms with Gasteiger partial charge in [-0.2, -0.15) is 0 Å². The van der Waals surface area contributed by atoms with E-state index in [1.54, 1.807) is 12.1 Å². The van der Waals surface area contributed by atoms with Crippen LogP contribution in [0.3, 0.4) is 0 Å². The Hall–Kier alpha value is -0.640. The van der Waals surface area contributed by atoms with E-state index < -0.39 is 5.82 Å². The first-order chi connectivity index (χ1) is 7.08. The van der Waals surface area contributed by atoms with Gasteiger partial charge in [0.2, 0.25) is 0 Å². The minimum absolute atomic E-state index is 0.0940. The first-order valence-electron chi connectivity index (χ1n) is 4.16. The number of aromatic nitrogens is 1. The van der Waals surface area contributed by atoms with Crippen molar-refractivity contribution in [3.05, 3.63) is 39.1 Å². The topological polar surface area (TPSA) is 12.9 Å². The Labute approximate surface area is 100 Å². The minimum Gasteiger partial charge on any atom is -0.240 e. The van der Waals surface area contributed by atoms with Gasteiger partial charge in [-0.15, -0.1) is 11.3 Å². The average molecular weight is 262 g/mol. The van der Waals surface area contributed by atoms with E-state index in [2.05, 4.69) is 4.98 Å². The summed E-state index contributed by atoms with van der Waals surface area (Å²) in [6.07, 6.45) is 0. The van der Waals surface area contributed by atoms with Gasteiger partial charge in [-0.1, -0.05) is 23.2 Å². The van der Waals surface area contributed by atoms with Crippen LogP contribution in [0.1, 0.15) is 5.69 Å². The van der Waals surface area contributed by atoms with Gasteiger partial charge in [0, 0.05) is 5.56 Å². The summed E-state index contributed by atoms with van der Waals surface area (Å²) in [5, 5.41) is 0.843. The van der Waals surface area contributed by atoms with E-state index in [4.69, 9.17) is 23.2 Å². The Bertz CT molecular complexity index is 491. The van der Waals surface area contributed by atoms with Crippen molar-refractivity contribution < 1.29 is 4.39 Å². The summed E-state index contributed by atoms with van der Waals surface area (Å²) in [6.45, 7) is 1.83. The molecule has 2 rings (SSSR count). The van der Waals surface area contributed by atoms with Gasteiger partial charge in [0.25, 0.3) is 0 Å². The van der Waals surface area contributed by atoms with E-state index in [0.717, 1.165) is 16.3 Å². The van der Waals surface area contributed by atoms with Crippen LogP contribution in [0.5, 0.6) is 0 Å². The fourth-order valence-corrected chi connectivity index (χ4v) is 2.36. The molecular weight excluding hydrogens is 256 g/mol. The first kappa shape index (κ1) is 10.9. The standard InChI is InChI=1S/C10H6Cl2FNS/c1-5-9(12)15-10(14-5)6-2-3-8(13)7(11)4-6/h2-4H,1H3. The monoisotopic (exact) mass is 261 g/mol. The lowest BCUT2D eigenvalue weighted by Crippen LogP contribution is -1.80. The zero-order valence-corrected chi connectivity index (χ0v) is 10.0. The second kappa shape index (κ2) is 4.08. The van der Waals surface area contributed by atoms with Crippen molar-refractivity contribution in [2.75, 3.05) is 0 Å². The Morgan fingerprint density at radius 1 is 1.33 bits per heavy atom. The van der Waals surface area contributed by atoms with E-state index in [1.165, 1.54) is 17.4 Å². The summed E-state index contributed by atoms with van der Waals surface area (Å²) in [5.74, 6) is -0.431. The summed E-state index contributed by atoms with van der Waals surface area (Å²) in [6, 6.07) is 4.50. The van der Waals surface area contributed by atoms with Crippen LogP contribution in [0, 0.1) is 12.7 Å². The summed E-state index contributed by atoms with van der Waals surface area (Å²) in [5.41, 5.74) is 1.55. The fourth-order valence-electron chi connectivity index (χ4n) is 1.13. The third-order valence-corrected chi connectivity index (χ3v) is 3.70. The summed E-state index contributed by atoms with van der Waals surface area (Å²) >= 11 is 12.9. The van der Waals surface area contributed by atoms with Gasteiger partial charge >= 0.3 is 0 Å². The van der Waals surface area contributed by atoms with Crippen LogP contribution in [-0.4, -0.2) is 4.98 Å². The molecule has 1 heterocycles. The highest BCUT2D eigenvalue weighted by Crippen LogP contribution is 2.32. The highest BCUT2D eigenvalue weighted by Gasteiger charge is 2.09. The van der Waals surface area contributed by atoms with Crippen LogP contribution in [-0.2, 0) is 0 Å². The highest BCUT2D eigenvalue weighted by molar-refractivity contribution is 7.19. The molecule has 1 aromatic heterocycles.